The standard InChI is InChI=1S/C21H29N3O13S/c1-9(25)22-21-23-24(37-15(7)31)20(38-21)19(36-14(6)30)18(35-13(5)29)17(34-12(4)28)16(33-11(3)27)8-32-10(2)26/h16-20H,8H2,1-7H3,(H,22,23,25)/t16-,17-,18+,19+,20+/m1/s1. The average molecular weight is 564 g/mol. The lowest BCUT2D eigenvalue weighted by molar-refractivity contribution is -0.222. The van der Waals surface area contributed by atoms with Crippen molar-refractivity contribution in [2.75, 3.05) is 6.61 Å². The molecule has 17 heteroatoms. The van der Waals surface area contributed by atoms with E-state index in [1.54, 1.807) is 0 Å². The first-order valence-corrected chi connectivity index (χ1v) is 11.8. The van der Waals surface area contributed by atoms with Gasteiger partial charge in [-0.05, 0) is 0 Å². The number of amides is 1. The Morgan fingerprint density at radius 1 is 0.763 bits per heavy atom. The van der Waals surface area contributed by atoms with E-state index in [1.165, 1.54) is 6.92 Å². The molecule has 1 rings (SSSR count). The summed E-state index contributed by atoms with van der Waals surface area (Å²) in [7, 11) is 0. The van der Waals surface area contributed by atoms with Gasteiger partial charge in [0.15, 0.2) is 35.0 Å². The van der Waals surface area contributed by atoms with Crippen LogP contribution in [0.4, 0.5) is 0 Å². The van der Waals surface area contributed by atoms with E-state index in [1.807, 2.05) is 0 Å². The Labute approximate surface area is 221 Å². The number of nitrogens with zero attached hydrogens (tertiary/aromatic N) is 2. The quantitative estimate of drug-likeness (QED) is 0.249. The number of nitrogens with one attached hydrogen (secondary N) is 1. The second-order valence-corrected chi connectivity index (χ2v) is 8.76. The molecule has 0 aromatic rings. The third-order valence-corrected chi connectivity index (χ3v) is 5.21. The lowest BCUT2D eigenvalue weighted by Crippen LogP contribution is -2.57. The van der Waals surface area contributed by atoms with Gasteiger partial charge in [-0.1, -0.05) is 11.8 Å². The number of rotatable bonds is 11. The molecule has 1 N–H and O–H groups in total. The van der Waals surface area contributed by atoms with Crippen molar-refractivity contribution in [1.29, 1.82) is 0 Å². The molecule has 1 amide bonds. The Bertz CT molecular complexity index is 985. The van der Waals surface area contributed by atoms with Crippen molar-refractivity contribution in [2.45, 2.75) is 78.3 Å². The van der Waals surface area contributed by atoms with Crippen LogP contribution in [0.25, 0.3) is 0 Å². The fourth-order valence-electron chi connectivity index (χ4n) is 3.08. The van der Waals surface area contributed by atoms with Crippen LogP contribution in [0, 0.1) is 0 Å². The summed E-state index contributed by atoms with van der Waals surface area (Å²) in [5, 5.41) is 5.64. The zero-order chi connectivity index (χ0) is 29.2. The Hall–Kier alpha value is -3.89. The number of thioether (sulfide) groups is 1. The summed E-state index contributed by atoms with van der Waals surface area (Å²) in [6.07, 6.45) is -6.65. The minimum absolute atomic E-state index is 0.0806. The zero-order valence-corrected chi connectivity index (χ0v) is 22.5. The molecule has 0 fully saturated rings. The van der Waals surface area contributed by atoms with Crippen LogP contribution in [0.5, 0.6) is 0 Å². The predicted octanol–water partition coefficient (Wildman–Crippen LogP) is -0.464. The van der Waals surface area contributed by atoms with Crippen molar-refractivity contribution in [3.63, 3.8) is 0 Å². The summed E-state index contributed by atoms with van der Waals surface area (Å²) in [6.45, 7) is 6.72. The molecule has 0 radical (unpaired) electrons. The second-order valence-electron chi connectivity index (χ2n) is 7.65. The minimum Gasteiger partial charge on any atom is -0.462 e. The molecule has 212 valence electrons. The maximum absolute atomic E-state index is 12.1. The van der Waals surface area contributed by atoms with E-state index in [2.05, 4.69) is 10.4 Å². The van der Waals surface area contributed by atoms with E-state index in [4.69, 9.17) is 28.5 Å². The smallest absolute Gasteiger partial charge is 0.331 e. The molecule has 0 bridgehead atoms. The molecule has 0 spiro atoms. The molecule has 0 aromatic carbocycles. The summed E-state index contributed by atoms with van der Waals surface area (Å²) < 4.78 is 26.2. The van der Waals surface area contributed by atoms with Crippen LogP contribution in [-0.4, -0.2) is 88.5 Å². The van der Waals surface area contributed by atoms with E-state index in [0.29, 0.717) is 5.17 Å². The van der Waals surface area contributed by atoms with Gasteiger partial charge in [0.25, 0.3) is 0 Å². The van der Waals surface area contributed by atoms with Gasteiger partial charge < -0.3 is 33.8 Å². The molecule has 1 heterocycles. The lowest BCUT2D eigenvalue weighted by atomic mass is 10.0. The Morgan fingerprint density at radius 2 is 1.29 bits per heavy atom. The van der Waals surface area contributed by atoms with Crippen LogP contribution >= 0.6 is 11.8 Å². The molecule has 0 aromatic heterocycles. The second kappa shape index (κ2) is 14.7. The highest BCUT2D eigenvalue weighted by atomic mass is 32.2. The van der Waals surface area contributed by atoms with Crippen LogP contribution in [0.2, 0.25) is 0 Å². The van der Waals surface area contributed by atoms with Gasteiger partial charge in [-0.2, -0.15) is 0 Å². The van der Waals surface area contributed by atoms with Gasteiger partial charge >= 0.3 is 35.8 Å². The summed E-state index contributed by atoms with van der Waals surface area (Å²) in [5.41, 5.74) is 0. The number of hydroxylamine groups is 1. The number of hydrogen-bond acceptors (Lipinski definition) is 16. The average Bonchev–Trinajstić information content (AvgIpc) is 3.11. The maximum Gasteiger partial charge on any atom is 0.331 e. The third kappa shape index (κ3) is 11.0. The largest absolute Gasteiger partial charge is 0.462 e. The Kier molecular flexibility index (Phi) is 12.5. The molecule has 1 aliphatic rings. The number of amidine groups is 1. The highest BCUT2D eigenvalue weighted by molar-refractivity contribution is 8.14. The van der Waals surface area contributed by atoms with E-state index in [-0.39, 0.29) is 5.17 Å². The fraction of sp³-hybridized carbons (Fsp3) is 0.619. The predicted molar refractivity (Wildman–Crippen MR) is 125 cm³/mol. The number of carbonyl (C=O) groups excluding carboxylic acids is 7. The zero-order valence-electron chi connectivity index (χ0n) is 21.7. The number of carbonyl (C=O) groups is 7. The first kappa shape index (κ1) is 32.1. The molecule has 0 saturated carbocycles. The molecule has 16 nitrogen and oxygen atoms in total. The molecule has 0 saturated heterocycles. The maximum atomic E-state index is 12.1. The van der Waals surface area contributed by atoms with Gasteiger partial charge in [0, 0.05) is 48.5 Å². The van der Waals surface area contributed by atoms with Crippen LogP contribution in [0.3, 0.4) is 0 Å². The van der Waals surface area contributed by atoms with Gasteiger partial charge in [0.05, 0.1) is 0 Å². The van der Waals surface area contributed by atoms with Crippen molar-refractivity contribution < 1.29 is 62.1 Å². The van der Waals surface area contributed by atoms with Gasteiger partial charge in [-0.3, -0.25) is 28.8 Å². The van der Waals surface area contributed by atoms with E-state index in [0.717, 1.165) is 53.3 Å². The molecule has 1 aliphatic heterocycles. The van der Waals surface area contributed by atoms with Crippen molar-refractivity contribution in [3.8, 4) is 0 Å². The Morgan fingerprint density at radius 3 is 1.74 bits per heavy atom. The van der Waals surface area contributed by atoms with Crippen molar-refractivity contribution in [3.05, 3.63) is 0 Å². The van der Waals surface area contributed by atoms with E-state index < -0.39 is 78.1 Å². The van der Waals surface area contributed by atoms with Crippen LogP contribution in [0.15, 0.2) is 5.10 Å². The number of hydrazone groups is 1. The van der Waals surface area contributed by atoms with Crippen molar-refractivity contribution in [2.24, 2.45) is 5.10 Å². The summed E-state index contributed by atoms with van der Waals surface area (Å²) in [6, 6.07) is 0. The van der Waals surface area contributed by atoms with Gasteiger partial charge in [0.2, 0.25) is 5.91 Å². The molecule has 0 aliphatic carbocycles. The molecule has 0 unspecified atom stereocenters. The number of esters is 5. The van der Waals surface area contributed by atoms with Crippen LogP contribution < -0.4 is 5.32 Å². The first-order valence-electron chi connectivity index (χ1n) is 10.9. The van der Waals surface area contributed by atoms with Gasteiger partial charge in [-0.15, -0.1) is 10.3 Å². The SMILES string of the molecule is CC(=O)NC1=NN(OC(C)=O)[C@H]([C@@H](OC(C)=O)[C@@H](OC(C)=O)[C@H](OC(C)=O)[C@@H](COC(C)=O)OC(C)=O)S1. The van der Waals surface area contributed by atoms with Crippen molar-refractivity contribution in [1.82, 2.24) is 10.5 Å². The highest BCUT2D eigenvalue weighted by Crippen LogP contribution is 2.34. The Balaban J connectivity index is 3.68. The third-order valence-electron chi connectivity index (χ3n) is 4.11. The monoisotopic (exact) mass is 563 g/mol. The molecule has 5 atom stereocenters. The van der Waals surface area contributed by atoms with Gasteiger partial charge in [-0.25, -0.2) is 4.79 Å². The van der Waals surface area contributed by atoms with E-state index in [9.17, 15) is 33.6 Å². The summed E-state index contributed by atoms with van der Waals surface area (Å²) in [4.78, 5) is 88.0. The number of hydrogen-bond donors (Lipinski definition) is 1. The molecular formula is C21H29N3O13S. The van der Waals surface area contributed by atoms with Crippen LogP contribution in [0.1, 0.15) is 48.5 Å². The summed E-state index contributed by atoms with van der Waals surface area (Å²) >= 11 is 0.739. The molecular weight excluding hydrogens is 534 g/mol. The summed E-state index contributed by atoms with van der Waals surface area (Å²) in [5.74, 6) is -5.81. The lowest BCUT2D eigenvalue weighted by Gasteiger charge is -2.37. The number of ether oxygens (including phenoxy) is 5. The minimum atomic E-state index is -1.75. The van der Waals surface area contributed by atoms with Gasteiger partial charge in [0.1, 0.15) is 6.61 Å². The highest BCUT2D eigenvalue weighted by Gasteiger charge is 2.51. The van der Waals surface area contributed by atoms with Crippen LogP contribution in [-0.2, 0) is 62.1 Å². The molecule has 38 heavy (non-hydrogen) atoms. The fourth-order valence-corrected chi connectivity index (χ4v) is 4.16. The first-order chi connectivity index (χ1) is 17.6. The van der Waals surface area contributed by atoms with Crippen molar-refractivity contribution >= 4 is 58.7 Å². The normalized spacial score (nSPS) is 17.5. The van der Waals surface area contributed by atoms with E-state index >= 15 is 0 Å². The topological polar surface area (TPSA) is 202 Å².